The van der Waals surface area contributed by atoms with Crippen LogP contribution in [0.25, 0.3) is 0 Å². The molecule has 0 aromatic rings. The number of rotatable bonds is 16. The second kappa shape index (κ2) is 16.3. The molecule has 0 aromatic heterocycles. The number of esters is 1. The lowest BCUT2D eigenvalue weighted by Crippen LogP contribution is -2.45. The molecule has 0 rings (SSSR count). The third-order valence-electron chi connectivity index (χ3n) is 4.26. The second-order valence-corrected chi connectivity index (χ2v) is 7.70. The number of halogens is 1. The molecule has 0 spiro atoms. The minimum absolute atomic E-state index is 0.215. The molecule has 0 aliphatic carbocycles. The molecule has 4 amide bonds. The van der Waals surface area contributed by atoms with E-state index in [1.807, 2.05) is 0 Å². The number of nitrogens with two attached hydrogens (primary N) is 1. The summed E-state index contributed by atoms with van der Waals surface area (Å²) in [7, 11) is 0. The van der Waals surface area contributed by atoms with E-state index < -0.39 is 23.9 Å². The van der Waals surface area contributed by atoms with Crippen molar-refractivity contribution in [2.45, 2.75) is 64.5 Å². The van der Waals surface area contributed by atoms with Crippen molar-refractivity contribution in [3.05, 3.63) is 12.2 Å². The summed E-state index contributed by atoms with van der Waals surface area (Å²) in [4.78, 5) is 57.7. The molecular formula is C20H33BrN4O6. The maximum absolute atomic E-state index is 12.0. The first-order chi connectivity index (χ1) is 14.6. The highest BCUT2D eigenvalue weighted by molar-refractivity contribution is 9.09. The lowest BCUT2D eigenvalue weighted by molar-refractivity contribution is -0.143. The summed E-state index contributed by atoms with van der Waals surface area (Å²) >= 11 is 3.14. The van der Waals surface area contributed by atoms with Crippen molar-refractivity contribution in [2.75, 3.05) is 18.4 Å². The number of primary amides is 1. The summed E-state index contributed by atoms with van der Waals surface area (Å²) in [6, 6.07) is -1.34. The van der Waals surface area contributed by atoms with Gasteiger partial charge in [-0.25, -0.2) is 9.59 Å². The number of amides is 4. The Morgan fingerprint density at radius 1 is 1.03 bits per heavy atom. The number of nitrogens with one attached hydrogen (secondary N) is 3. The van der Waals surface area contributed by atoms with E-state index in [1.54, 1.807) is 6.92 Å². The van der Waals surface area contributed by atoms with Gasteiger partial charge in [-0.05, 0) is 46.0 Å². The van der Waals surface area contributed by atoms with Crippen LogP contribution in [0.4, 0.5) is 4.79 Å². The summed E-state index contributed by atoms with van der Waals surface area (Å²) in [5.74, 6) is -1.41. The summed E-state index contributed by atoms with van der Waals surface area (Å²) < 4.78 is 5.22. The molecule has 31 heavy (non-hydrogen) atoms. The molecule has 0 heterocycles. The van der Waals surface area contributed by atoms with Crippen molar-refractivity contribution in [1.82, 2.24) is 16.0 Å². The number of hydrogen-bond donors (Lipinski definition) is 4. The maximum Gasteiger partial charge on any atom is 0.334 e. The Hall–Kier alpha value is -2.43. The predicted octanol–water partition coefficient (Wildman–Crippen LogP) is 1.07. The first-order valence-electron chi connectivity index (χ1n) is 10.1. The van der Waals surface area contributed by atoms with Crippen LogP contribution in [0.3, 0.4) is 0 Å². The van der Waals surface area contributed by atoms with E-state index in [0.29, 0.717) is 49.6 Å². The smallest absolute Gasteiger partial charge is 0.334 e. The molecule has 0 saturated heterocycles. The van der Waals surface area contributed by atoms with E-state index in [0.717, 1.165) is 0 Å². The van der Waals surface area contributed by atoms with Crippen LogP contribution in [-0.4, -0.2) is 60.2 Å². The van der Waals surface area contributed by atoms with Crippen LogP contribution in [0.15, 0.2) is 12.2 Å². The molecule has 0 bridgehead atoms. The fourth-order valence-corrected chi connectivity index (χ4v) is 2.73. The quantitative estimate of drug-likeness (QED) is 0.106. The molecule has 11 heteroatoms. The molecule has 0 aliphatic heterocycles. The van der Waals surface area contributed by atoms with Crippen LogP contribution in [0, 0.1) is 0 Å². The normalized spacial score (nSPS) is 12.2. The zero-order valence-corrected chi connectivity index (χ0v) is 19.7. The zero-order valence-electron chi connectivity index (χ0n) is 18.1. The van der Waals surface area contributed by atoms with E-state index >= 15 is 0 Å². The van der Waals surface area contributed by atoms with Crippen molar-refractivity contribution >= 4 is 45.5 Å². The summed E-state index contributed by atoms with van der Waals surface area (Å²) in [6.45, 7) is 6.79. The molecule has 0 fully saturated rings. The van der Waals surface area contributed by atoms with Crippen LogP contribution in [0.1, 0.15) is 52.4 Å². The Morgan fingerprint density at radius 2 is 1.71 bits per heavy atom. The lowest BCUT2D eigenvalue weighted by Gasteiger charge is -2.16. The van der Waals surface area contributed by atoms with E-state index in [9.17, 15) is 24.0 Å². The standard InChI is InChI=1S/C20H33BrN4O6/c1-13(11-21)19(29)31-14(2)7-4-5-9-17(27)24-12-18(28)25-16(15(3)26)8-6-10-23-20(22)30/h14,16H,1,4-12H2,2-3H3,(H,24,27)(H,25,28)(H3,22,23,30). The highest BCUT2D eigenvalue weighted by Gasteiger charge is 2.17. The van der Waals surface area contributed by atoms with E-state index in [4.69, 9.17) is 10.5 Å². The molecule has 176 valence electrons. The molecule has 0 saturated carbocycles. The van der Waals surface area contributed by atoms with Crippen molar-refractivity contribution in [1.29, 1.82) is 0 Å². The Morgan fingerprint density at radius 3 is 2.29 bits per heavy atom. The Labute approximate surface area is 191 Å². The van der Waals surface area contributed by atoms with Crippen LogP contribution >= 0.6 is 15.9 Å². The summed E-state index contributed by atoms with van der Waals surface area (Å²) in [6.07, 6.45) is 2.65. The number of alkyl halides is 1. The van der Waals surface area contributed by atoms with Crippen LogP contribution in [0.2, 0.25) is 0 Å². The minimum Gasteiger partial charge on any atom is -0.459 e. The Kier molecular flexibility index (Phi) is 15.0. The summed E-state index contributed by atoms with van der Waals surface area (Å²) in [5.41, 5.74) is 5.31. The number of carbonyl (C=O) groups is 5. The van der Waals surface area contributed by atoms with Gasteiger partial charge in [-0.2, -0.15) is 0 Å². The first-order valence-corrected chi connectivity index (χ1v) is 11.2. The lowest BCUT2D eigenvalue weighted by atomic mass is 10.1. The van der Waals surface area contributed by atoms with Crippen molar-refractivity contribution in [3.8, 4) is 0 Å². The van der Waals surface area contributed by atoms with Crippen molar-refractivity contribution < 1.29 is 28.7 Å². The molecular weight excluding hydrogens is 472 g/mol. The van der Waals surface area contributed by atoms with Crippen molar-refractivity contribution in [3.63, 3.8) is 0 Å². The number of ether oxygens (including phenoxy) is 1. The maximum atomic E-state index is 12.0. The zero-order chi connectivity index (χ0) is 23.8. The van der Waals surface area contributed by atoms with Gasteiger partial charge in [0, 0.05) is 23.9 Å². The van der Waals surface area contributed by atoms with Gasteiger partial charge in [-0.1, -0.05) is 22.5 Å². The number of hydrogen-bond acceptors (Lipinski definition) is 6. The van der Waals surface area contributed by atoms with Gasteiger partial charge in [0.1, 0.15) is 0 Å². The molecule has 0 aromatic carbocycles. The van der Waals surface area contributed by atoms with Gasteiger partial charge >= 0.3 is 12.0 Å². The SMILES string of the molecule is C=C(CBr)C(=O)OC(C)CCCCC(=O)NCC(=O)NC(CCCNC(N)=O)C(C)=O. The monoisotopic (exact) mass is 504 g/mol. The highest BCUT2D eigenvalue weighted by atomic mass is 79.9. The van der Waals surface area contributed by atoms with Gasteiger partial charge in [-0.15, -0.1) is 0 Å². The Bertz CT molecular complexity index is 656. The number of carbonyl (C=O) groups excluding carboxylic acids is 5. The first kappa shape index (κ1) is 28.6. The Balaban J connectivity index is 4.04. The van der Waals surface area contributed by atoms with Gasteiger partial charge in [0.15, 0.2) is 5.78 Å². The van der Waals surface area contributed by atoms with Gasteiger partial charge < -0.3 is 26.4 Å². The third-order valence-corrected chi connectivity index (χ3v) is 4.94. The minimum atomic E-state index is -0.691. The molecule has 0 aliphatic rings. The number of unbranched alkanes of at least 4 members (excludes halogenated alkanes) is 1. The van der Waals surface area contributed by atoms with Crippen LogP contribution in [-0.2, 0) is 23.9 Å². The number of Topliss-reactive ketones (excluding diaryl/α,β-unsaturated/α-hetero) is 1. The van der Waals surface area contributed by atoms with Crippen molar-refractivity contribution in [2.24, 2.45) is 5.73 Å². The molecule has 0 radical (unpaired) electrons. The van der Waals surface area contributed by atoms with E-state index in [1.165, 1.54) is 6.92 Å². The third kappa shape index (κ3) is 15.1. The predicted molar refractivity (Wildman–Crippen MR) is 119 cm³/mol. The van der Waals surface area contributed by atoms with E-state index in [2.05, 4.69) is 38.5 Å². The van der Waals surface area contributed by atoms with Gasteiger partial charge in [0.05, 0.1) is 18.7 Å². The largest absolute Gasteiger partial charge is 0.459 e. The molecule has 10 nitrogen and oxygen atoms in total. The second-order valence-electron chi connectivity index (χ2n) is 7.14. The molecule has 5 N–H and O–H groups in total. The molecule has 2 unspecified atom stereocenters. The average molecular weight is 505 g/mol. The molecule has 2 atom stereocenters. The van der Waals surface area contributed by atoms with E-state index in [-0.39, 0.29) is 30.8 Å². The number of ketones is 1. The van der Waals surface area contributed by atoms with Crippen LogP contribution in [0.5, 0.6) is 0 Å². The fourth-order valence-electron chi connectivity index (χ4n) is 2.50. The fraction of sp³-hybridized carbons (Fsp3) is 0.650. The average Bonchev–Trinajstić information content (AvgIpc) is 2.70. The van der Waals surface area contributed by atoms with Gasteiger partial charge in [-0.3, -0.25) is 14.4 Å². The summed E-state index contributed by atoms with van der Waals surface area (Å²) in [5, 5.41) is 7.84. The topological polar surface area (TPSA) is 157 Å². The van der Waals surface area contributed by atoms with Crippen LogP contribution < -0.4 is 21.7 Å². The number of urea groups is 1. The van der Waals surface area contributed by atoms with Gasteiger partial charge in [0.25, 0.3) is 0 Å². The van der Waals surface area contributed by atoms with Gasteiger partial charge in [0.2, 0.25) is 11.8 Å². The highest BCUT2D eigenvalue weighted by Crippen LogP contribution is 2.09.